The third-order valence-corrected chi connectivity index (χ3v) is 13.9. The van der Waals surface area contributed by atoms with Crippen molar-refractivity contribution in [2.75, 3.05) is 39.9 Å². The summed E-state index contributed by atoms with van der Waals surface area (Å²) in [5.74, 6) is 0. The Labute approximate surface area is 360 Å². The van der Waals surface area contributed by atoms with Crippen molar-refractivity contribution in [2.45, 2.75) is 48.6 Å². The van der Waals surface area contributed by atoms with Crippen molar-refractivity contribution in [2.24, 2.45) is 0 Å². The molecule has 0 aliphatic carbocycles. The first kappa shape index (κ1) is 39.0. The fourth-order valence-electron chi connectivity index (χ4n) is 9.75. The third kappa shape index (κ3) is 5.29. The molecule has 16 heteroatoms. The highest BCUT2D eigenvalue weighted by Crippen LogP contribution is 2.57. The predicted octanol–water partition coefficient (Wildman–Crippen LogP) is 3.37. The zero-order chi connectivity index (χ0) is 40.5. The van der Waals surface area contributed by atoms with Gasteiger partial charge < -0.3 is 51.1 Å². The highest BCUT2D eigenvalue weighted by molar-refractivity contribution is 7.81. The van der Waals surface area contributed by atoms with Gasteiger partial charge in [0, 0.05) is 34.3 Å². The Morgan fingerprint density at radius 3 is 0.931 bits per heavy atom. The molecule has 0 bridgehead atoms. The molecule has 300 valence electrons. The molecule has 0 spiro atoms. The van der Waals surface area contributed by atoms with Crippen molar-refractivity contribution in [3.05, 3.63) is 144 Å². The molecule has 4 aromatic rings. The molecule has 6 fully saturated rings. The molecule has 6 aliphatic heterocycles. The van der Waals surface area contributed by atoms with Crippen LogP contribution < -0.4 is 21.3 Å². The topological polar surface area (TPSA) is 108 Å². The van der Waals surface area contributed by atoms with Crippen molar-refractivity contribution >= 4 is 69.3 Å². The summed E-state index contributed by atoms with van der Waals surface area (Å²) in [5, 5.41) is 36.5. The Kier molecular flexibility index (Phi) is 9.83. The molecule has 6 N–H and O–H groups in total. The Bertz CT molecular complexity index is 2010. The largest absolute Gasteiger partial charge is 0.395 e. The van der Waals surface area contributed by atoms with Gasteiger partial charge in [0.2, 0.25) is 0 Å². The van der Waals surface area contributed by atoms with Gasteiger partial charge in [0.05, 0.1) is 39.9 Å². The smallest absolute Gasteiger partial charge is 0.192 e. The van der Waals surface area contributed by atoms with E-state index in [1.165, 1.54) is 0 Å². The fourth-order valence-corrected chi connectivity index (χ4v) is 11.1. The number of aliphatic hydroxyl groups is 2. The number of aliphatic hydroxyl groups excluding tert-OH is 2. The van der Waals surface area contributed by atoms with Crippen LogP contribution in [0.1, 0.15) is 36.1 Å². The molecule has 6 heterocycles. The average Bonchev–Trinajstić information content (AvgIpc) is 3.89. The lowest BCUT2D eigenvalue weighted by Gasteiger charge is -2.54. The fraction of sp³-hybridized carbons (Fsp3) is 0.333. The lowest BCUT2D eigenvalue weighted by Crippen LogP contribution is -2.69. The van der Waals surface area contributed by atoms with Gasteiger partial charge >= 0.3 is 0 Å². The van der Waals surface area contributed by atoms with E-state index in [9.17, 15) is 10.2 Å². The molecule has 4 aromatic carbocycles. The number of benzene rings is 4. The number of hydrogen-bond acceptors (Lipinski definition) is 8. The summed E-state index contributed by atoms with van der Waals surface area (Å²) >= 11 is 23.4. The number of nitrogens with zero attached hydrogens (tertiary/aromatic N) is 6. The molecule has 0 amide bonds. The lowest BCUT2D eigenvalue weighted by molar-refractivity contribution is -0.112. The monoisotopic (exact) mass is 850 g/mol. The Morgan fingerprint density at radius 1 is 0.448 bits per heavy atom. The molecule has 0 aromatic heterocycles. The first-order chi connectivity index (χ1) is 28.1. The first-order valence-electron chi connectivity index (χ1n) is 19.4. The van der Waals surface area contributed by atoms with Crippen LogP contribution in [0.2, 0.25) is 0 Å². The maximum Gasteiger partial charge on any atom is 0.192 e. The van der Waals surface area contributed by atoms with E-state index < -0.39 is 22.7 Å². The van der Waals surface area contributed by atoms with Gasteiger partial charge in [-0.1, -0.05) is 121 Å². The SMILES string of the molecule is C[C@@H](CO)N1CN2C(=S)NC3(c4ccccc4)NC(=S)N(C1)C23c1ccccc1.C[C@@H](CO)N1CN2C(=S)NC3(c4ccccc4)NC(=S)N(C1)C23c1ccccc1. The second-order valence-corrected chi connectivity index (χ2v) is 17.1. The number of rotatable bonds is 8. The Balaban J connectivity index is 0.000000150. The number of thiocarbonyl (C=S) groups is 4. The molecule has 6 saturated heterocycles. The third-order valence-electron chi connectivity index (χ3n) is 12.6. The molecule has 58 heavy (non-hydrogen) atoms. The summed E-state index contributed by atoms with van der Waals surface area (Å²) in [4.78, 5) is 13.2. The van der Waals surface area contributed by atoms with E-state index in [1.807, 2.05) is 62.4 Å². The zero-order valence-corrected chi connectivity index (χ0v) is 35.4. The molecule has 0 saturated carbocycles. The van der Waals surface area contributed by atoms with Crippen LogP contribution in [0.4, 0.5) is 0 Å². The minimum Gasteiger partial charge on any atom is -0.395 e. The van der Waals surface area contributed by atoms with E-state index in [1.54, 1.807) is 0 Å². The zero-order valence-electron chi connectivity index (χ0n) is 32.2. The van der Waals surface area contributed by atoms with E-state index >= 15 is 0 Å². The van der Waals surface area contributed by atoms with Crippen LogP contribution in [0, 0.1) is 0 Å². The van der Waals surface area contributed by atoms with Crippen LogP contribution in [0.5, 0.6) is 0 Å². The summed E-state index contributed by atoms with van der Waals surface area (Å²) in [7, 11) is 0. The summed E-state index contributed by atoms with van der Waals surface area (Å²) in [6.07, 6.45) is 0. The van der Waals surface area contributed by atoms with E-state index in [0.717, 1.165) is 22.3 Å². The normalized spacial score (nSPS) is 29.4. The van der Waals surface area contributed by atoms with Crippen LogP contribution in [0.15, 0.2) is 121 Å². The highest BCUT2D eigenvalue weighted by atomic mass is 32.1. The maximum absolute atomic E-state index is 9.76. The van der Waals surface area contributed by atoms with Gasteiger partial charge in [-0.05, 0) is 62.7 Å². The van der Waals surface area contributed by atoms with Gasteiger partial charge in [-0.25, -0.2) is 0 Å². The van der Waals surface area contributed by atoms with Gasteiger partial charge in [-0.15, -0.1) is 0 Å². The van der Waals surface area contributed by atoms with Crippen molar-refractivity contribution in [3.63, 3.8) is 0 Å². The van der Waals surface area contributed by atoms with Gasteiger partial charge in [0.1, 0.15) is 0 Å². The van der Waals surface area contributed by atoms with Crippen LogP contribution in [-0.4, -0.2) is 112 Å². The lowest BCUT2D eigenvalue weighted by atomic mass is 9.81. The minimum atomic E-state index is -0.710. The summed E-state index contributed by atoms with van der Waals surface area (Å²) in [6, 6.07) is 41.3. The van der Waals surface area contributed by atoms with Gasteiger partial charge in [-0.3, -0.25) is 9.80 Å². The molecule has 10 rings (SSSR count). The van der Waals surface area contributed by atoms with Crippen molar-refractivity contribution < 1.29 is 10.2 Å². The van der Waals surface area contributed by atoms with Gasteiger partial charge in [0.25, 0.3) is 0 Å². The Morgan fingerprint density at radius 2 is 0.690 bits per heavy atom. The van der Waals surface area contributed by atoms with Gasteiger partial charge in [-0.2, -0.15) is 0 Å². The average molecular weight is 851 g/mol. The summed E-state index contributed by atoms with van der Waals surface area (Å²) in [5.41, 5.74) is 1.66. The van der Waals surface area contributed by atoms with Crippen LogP contribution in [0.3, 0.4) is 0 Å². The second-order valence-electron chi connectivity index (χ2n) is 15.5. The van der Waals surface area contributed by atoms with Crippen LogP contribution in [-0.2, 0) is 22.7 Å². The van der Waals surface area contributed by atoms with Crippen LogP contribution >= 0.6 is 48.9 Å². The molecular formula is C42H46N10O2S4. The molecular weight excluding hydrogens is 805 g/mol. The minimum absolute atomic E-state index is 0.0123. The van der Waals surface area contributed by atoms with E-state index in [0.29, 0.717) is 47.1 Å². The second kappa shape index (κ2) is 14.6. The number of nitrogens with one attached hydrogen (secondary N) is 4. The predicted molar refractivity (Wildman–Crippen MR) is 239 cm³/mol. The van der Waals surface area contributed by atoms with E-state index in [4.69, 9.17) is 48.9 Å². The maximum atomic E-state index is 9.76. The quantitative estimate of drug-likeness (QED) is 0.146. The Hall–Kier alpha value is -4.52. The first-order valence-corrected chi connectivity index (χ1v) is 21.0. The van der Waals surface area contributed by atoms with E-state index in [2.05, 4.69) is 123 Å². The molecule has 6 aliphatic rings. The van der Waals surface area contributed by atoms with Crippen molar-refractivity contribution in [1.29, 1.82) is 0 Å². The van der Waals surface area contributed by atoms with Crippen molar-refractivity contribution in [3.8, 4) is 0 Å². The molecule has 2 atom stereocenters. The standard InChI is InChI=1S/2C21H23N5OS2/c2*1-15(12-27)24-13-25-18(28)22-20(16-8-4-2-5-9-16)21(25,17-10-6-3-7-11-17)26(14-24)19(29)23-20/h2*2-11,15,27H,12-14H2,1H3,(H,22,28)(H,23,29)/t2*15-,20?,21?/m00/s1. The number of hydrogen-bond donors (Lipinski definition) is 6. The van der Waals surface area contributed by atoms with E-state index in [-0.39, 0.29) is 25.3 Å². The van der Waals surface area contributed by atoms with Crippen LogP contribution in [0.25, 0.3) is 0 Å². The molecule has 0 radical (unpaired) electrons. The molecule has 0 unspecified atom stereocenters. The van der Waals surface area contributed by atoms with Gasteiger partial charge in [0.15, 0.2) is 43.1 Å². The molecule has 12 nitrogen and oxygen atoms in total. The summed E-state index contributed by atoms with van der Waals surface area (Å²) < 4.78 is 0. The van der Waals surface area contributed by atoms with Crippen molar-refractivity contribution in [1.82, 2.24) is 50.7 Å². The summed E-state index contributed by atoms with van der Waals surface area (Å²) in [6.45, 7) is 6.55. The highest BCUT2D eigenvalue weighted by Gasteiger charge is 2.74.